The minimum atomic E-state index is -3.67. The highest BCUT2D eigenvalue weighted by Crippen LogP contribution is 2.49. The molecule has 4 rings (SSSR count). The van der Waals surface area contributed by atoms with Gasteiger partial charge in [-0.15, -0.1) is 0 Å². The minimum absolute atomic E-state index is 0.138. The van der Waals surface area contributed by atoms with E-state index in [1.54, 1.807) is 36.4 Å². The highest BCUT2D eigenvalue weighted by molar-refractivity contribution is 7.92. The van der Waals surface area contributed by atoms with Gasteiger partial charge in [-0.05, 0) is 80.3 Å². The molecule has 0 heterocycles. The van der Waals surface area contributed by atoms with Crippen LogP contribution in [0.5, 0.6) is 0 Å². The Labute approximate surface area is 173 Å². The van der Waals surface area contributed by atoms with E-state index < -0.39 is 10.0 Å². The van der Waals surface area contributed by atoms with Crippen molar-refractivity contribution in [2.45, 2.75) is 43.5 Å². The molecule has 0 aromatic heterocycles. The minimum Gasteiger partial charge on any atom is -0.349 e. The fraction of sp³-hybridized carbons (Fsp3) is 0.435. The third-order valence-corrected chi connectivity index (χ3v) is 8.49. The van der Waals surface area contributed by atoms with Gasteiger partial charge < -0.3 is 5.32 Å². The van der Waals surface area contributed by atoms with Crippen molar-refractivity contribution in [1.29, 1.82) is 0 Å². The Morgan fingerprint density at radius 1 is 1.03 bits per heavy atom. The van der Waals surface area contributed by atoms with Gasteiger partial charge in [0.15, 0.2) is 0 Å². The SMILES string of the molecule is C[C@H](NC(=O)c1ccc(S(=O)(=O)N(C)c2ccccc2)cc1)[C@H]1C[C@H]2CC[C@H]1C2. The first-order valence-corrected chi connectivity index (χ1v) is 11.7. The van der Waals surface area contributed by atoms with Crippen LogP contribution in [0.4, 0.5) is 5.69 Å². The van der Waals surface area contributed by atoms with Crippen LogP contribution in [0.1, 0.15) is 43.0 Å². The van der Waals surface area contributed by atoms with Gasteiger partial charge in [-0.1, -0.05) is 24.6 Å². The van der Waals surface area contributed by atoms with E-state index in [4.69, 9.17) is 0 Å². The van der Waals surface area contributed by atoms with E-state index in [0.29, 0.717) is 17.2 Å². The number of nitrogens with zero attached hydrogens (tertiary/aromatic N) is 1. The highest BCUT2D eigenvalue weighted by Gasteiger charge is 2.42. The first-order chi connectivity index (χ1) is 13.9. The van der Waals surface area contributed by atoms with Crippen LogP contribution in [0.25, 0.3) is 0 Å². The molecule has 2 aromatic carbocycles. The van der Waals surface area contributed by atoms with Crippen LogP contribution in [0, 0.1) is 17.8 Å². The van der Waals surface area contributed by atoms with Gasteiger partial charge in [-0.3, -0.25) is 9.10 Å². The van der Waals surface area contributed by atoms with Crippen molar-refractivity contribution in [3.05, 3.63) is 60.2 Å². The second-order valence-electron chi connectivity index (χ2n) is 8.43. The molecule has 154 valence electrons. The molecule has 2 aliphatic carbocycles. The maximum Gasteiger partial charge on any atom is 0.264 e. The summed E-state index contributed by atoms with van der Waals surface area (Å²) >= 11 is 0. The summed E-state index contributed by atoms with van der Waals surface area (Å²) in [5.41, 5.74) is 1.08. The van der Waals surface area contributed by atoms with Gasteiger partial charge in [0.05, 0.1) is 10.6 Å². The van der Waals surface area contributed by atoms with Gasteiger partial charge in [0.2, 0.25) is 0 Å². The molecule has 0 aliphatic heterocycles. The maximum absolute atomic E-state index is 12.9. The van der Waals surface area contributed by atoms with Crippen molar-refractivity contribution in [1.82, 2.24) is 5.32 Å². The number of hydrogen-bond donors (Lipinski definition) is 1. The number of carbonyl (C=O) groups excluding carboxylic acids is 1. The van der Waals surface area contributed by atoms with Crippen LogP contribution in [0.3, 0.4) is 0 Å². The van der Waals surface area contributed by atoms with Crippen LogP contribution >= 0.6 is 0 Å². The van der Waals surface area contributed by atoms with Crippen molar-refractivity contribution in [3.63, 3.8) is 0 Å². The van der Waals surface area contributed by atoms with E-state index in [-0.39, 0.29) is 16.8 Å². The van der Waals surface area contributed by atoms with Crippen LogP contribution in [-0.4, -0.2) is 27.4 Å². The van der Waals surface area contributed by atoms with Crippen molar-refractivity contribution in [2.24, 2.45) is 17.8 Å². The van der Waals surface area contributed by atoms with E-state index in [2.05, 4.69) is 12.2 Å². The molecule has 1 amide bonds. The number of benzene rings is 2. The van der Waals surface area contributed by atoms with E-state index >= 15 is 0 Å². The zero-order chi connectivity index (χ0) is 20.6. The van der Waals surface area contributed by atoms with E-state index in [0.717, 1.165) is 11.8 Å². The Morgan fingerprint density at radius 2 is 1.72 bits per heavy atom. The maximum atomic E-state index is 12.9. The molecule has 4 atom stereocenters. The van der Waals surface area contributed by atoms with Crippen molar-refractivity contribution < 1.29 is 13.2 Å². The number of nitrogens with one attached hydrogen (secondary N) is 1. The Bertz CT molecular complexity index is 973. The molecule has 2 aliphatic rings. The lowest BCUT2D eigenvalue weighted by Crippen LogP contribution is -2.40. The summed E-state index contributed by atoms with van der Waals surface area (Å²) in [5.74, 6) is 2.02. The summed E-state index contributed by atoms with van der Waals surface area (Å²) in [7, 11) is -2.14. The van der Waals surface area contributed by atoms with Gasteiger partial charge >= 0.3 is 0 Å². The Hall–Kier alpha value is -2.34. The van der Waals surface area contributed by atoms with Crippen molar-refractivity contribution >= 4 is 21.6 Å². The van der Waals surface area contributed by atoms with Gasteiger partial charge in [0.1, 0.15) is 0 Å². The molecule has 2 bridgehead atoms. The highest BCUT2D eigenvalue weighted by atomic mass is 32.2. The van der Waals surface area contributed by atoms with Crippen molar-refractivity contribution in [3.8, 4) is 0 Å². The first kappa shape index (κ1) is 20.0. The zero-order valence-electron chi connectivity index (χ0n) is 16.9. The Balaban J connectivity index is 1.44. The molecule has 2 aromatic rings. The van der Waals surface area contributed by atoms with E-state index in [1.807, 2.05) is 6.07 Å². The third kappa shape index (κ3) is 3.90. The number of amides is 1. The average molecular weight is 413 g/mol. The van der Waals surface area contributed by atoms with Crippen LogP contribution in [0.15, 0.2) is 59.5 Å². The lowest BCUT2D eigenvalue weighted by Gasteiger charge is -2.28. The second kappa shape index (κ2) is 7.82. The number of anilines is 1. The molecule has 2 saturated carbocycles. The molecule has 0 spiro atoms. The summed E-state index contributed by atoms with van der Waals surface area (Å²) in [6.45, 7) is 2.09. The molecule has 0 radical (unpaired) electrons. The summed E-state index contributed by atoms with van der Waals surface area (Å²) in [5, 5.41) is 3.13. The smallest absolute Gasteiger partial charge is 0.264 e. The first-order valence-electron chi connectivity index (χ1n) is 10.3. The summed E-state index contributed by atoms with van der Waals surface area (Å²) in [6.07, 6.45) is 5.16. The number of hydrogen-bond acceptors (Lipinski definition) is 3. The molecular weight excluding hydrogens is 384 g/mol. The van der Waals surface area contributed by atoms with Crippen molar-refractivity contribution in [2.75, 3.05) is 11.4 Å². The standard InChI is InChI=1S/C23H28N2O3S/c1-16(22-15-17-8-9-19(22)14-17)24-23(26)18-10-12-21(13-11-18)29(27,28)25(2)20-6-4-3-5-7-20/h3-7,10-13,16-17,19,22H,8-9,14-15H2,1-2H3,(H,24,26)/t16-,17-,19-,22+/m0/s1. The van der Waals surface area contributed by atoms with Gasteiger partial charge in [-0.2, -0.15) is 0 Å². The fourth-order valence-electron chi connectivity index (χ4n) is 5.02. The predicted octanol–water partition coefficient (Wildman–Crippen LogP) is 4.07. The average Bonchev–Trinajstić information content (AvgIpc) is 3.37. The Kier molecular flexibility index (Phi) is 5.38. The van der Waals surface area contributed by atoms with E-state index in [9.17, 15) is 13.2 Å². The van der Waals surface area contributed by atoms with Gasteiger partial charge in [-0.25, -0.2) is 8.42 Å². The number of fused-ring (bicyclic) bond motifs is 2. The van der Waals surface area contributed by atoms with Crippen LogP contribution < -0.4 is 9.62 Å². The summed E-state index contributed by atoms with van der Waals surface area (Å²) < 4.78 is 27.0. The zero-order valence-corrected chi connectivity index (χ0v) is 17.7. The van der Waals surface area contributed by atoms with Gasteiger partial charge in [0.25, 0.3) is 15.9 Å². The molecule has 2 fully saturated rings. The number of sulfonamides is 1. The fourth-order valence-corrected chi connectivity index (χ4v) is 6.21. The molecule has 6 heteroatoms. The largest absolute Gasteiger partial charge is 0.349 e. The third-order valence-electron chi connectivity index (χ3n) is 6.69. The monoisotopic (exact) mass is 412 g/mol. The summed E-state index contributed by atoms with van der Waals surface area (Å²) in [4.78, 5) is 12.8. The van der Waals surface area contributed by atoms with Crippen LogP contribution in [-0.2, 0) is 10.0 Å². The second-order valence-corrected chi connectivity index (χ2v) is 10.4. The molecule has 1 N–H and O–H groups in total. The normalized spacial score (nSPS) is 24.3. The predicted molar refractivity (Wildman–Crippen MR) is 114 cm³/mol. The lowest BCUT2D eigenvalue weighted by atomic mass is 9.84. The molecule has 5 nitrogen and oxygen atoms in total. The van der Waals surface area contributed by atoms with Crippen LogP contribution in [0.2, 0.25) is 0 Å². The molecule has 29 heavy (non-hydrogen) atoms. The van der Waals surface area contributed by atoms with Gasteiger partial charge in [0, 0.05) is 18.7 Å². The molecular formula is C23H28N2O3S. The van der Waals surface area contributed by atoms with E-state index in [1.165, 1.54) is 49.2 Å². The summed E-state index contributed by atoms with van der Waals surface area (Å²) in [6, 6.07) is 15.3. The molecule has 0 unspecified atom stereocenters. The molecule has 0 saturated heterocycles. The topological polar surface area (TPSA) is 66.5 Å². The number of carbonyl (C=O) groups is 1. The number of rotatable bonds is 6. The number of para-hydroxylation sites is 1. The Morgan fingerprint density at radius 3 is 2.31 bits per heavy atom. The lowest BCUT2D eigenvalue weighted by molar-refractivity contribution is 0.0915. The quantitative estimate of drug-likeness (QED) is 0.778.